The highest BCUT2D eigenvalue weighted by molar-refractivity contribution is 5.54. The van der Waals surface area contributed by atoms with Crippen molar-refractivity contribution in [3.05, 3.63) is 29.8 Å². The van der Waals surface area contributed by atoms with Crippen molar-refractivity contribution in [1.82, 2.24) is 0 Å². The Labute approximate surface area is 125 Å². The summed E-state index contributed by atoms with van der Waals surface area (Å²) in [6.45, 7) is 0.165. The predicted octanol–water partition coefficient (Wildman–Crippen LogP) is 1.60. The average molecular weight is 306 g/mol. The first-order chi connectivity index (χ1) is 10.4. The Morgan fingerprint density at radius 3 is 2.27 bits per heavy atom. The summed E-state index contributed by atoms with van der Waals surface area (Å²) in [6.07, 6.45) is -0.143. The van der Waals surface area contributed by atoms with E-state index in [4.69, 9.17) is 9.47 Å². The van der Waals surface area contributed by atoms with E-state index in [1.807, 2.05) is 0 Å². The molecule has 0 fully saturated rings. The van der Waals surface area contributed by atoms with E-state index in [-0.39, 0.29) is 23.9 Å². The summed E-state index contributed by atoms with van der Waals surface area (Å²) >= 11 is 0. The largest absolute Gasteiger partial charge is 0.508 e. The molecular formula is C15H14O7. The molecule has 0 saturated carbocycles. The number of fused-ring (bicyclic) bond motifs is 1. The van der Waals surface area contributed by atoms with Gasteiger partial charge < -0.3 is 35.0 Å². The summed E-state index contributed by atoms with van der Waals surface area (Å²) in [5, 5.41) is 47.4. The van der Waals surface area contributed by atoms with E-state index in [0.29, 0.717) is 17.7 Å². The first kappa shape index (κ1) is 14.0. The lowest BCUT2D eigenvalue weighted by molar-refractivity contribution is 0.110. The van der Waals surface area contributed by atoms with Gasteiger partial charge in [0.15, 0.2) is 11.5 Å². The summed E-state index contributed by atoms with van der Waals surface area (Å²) in [5.41, 5.74) is 0.501. The quantitative estimate of drug-likeness (QED) is 0.534. The lowest BCUT2D eigenvalue weighted by Gasteiger charge is -2.26. The SMILES string of the molecule is Oc1cc(O)c2c(c1)OCC(Oc1cc(O)c(O)c(O)c1)C2. The van der Waals surface area contributed by atoms with E-state index in [1.165, 1.54) is 24.3 Å². The number of rotatable bonds is 2. The summed E-state index contributed by atoms with van der Waals surface area (Å²) < 4.78 is 11.0. The van der Waals surface area contributed by atoms with Gasteiger partial charge in [-0.3, -0.25) is 0 Å². The third kappa shape index (κ3) is 2.48. The first-order valence-corrected chi connectivity index (χ1v) is 6.53. The van der Waals surface area contributed by atoms with Crippen molar-refractivity contribution in [1.29, 1.82) is 0 Å². The molecule has 5 N–H and O–H groups in total. The number of ether oxygens (including phenoxy) is 2. The molecule has 3 rings (SSSR count). The molecule has 1 unspecified atom stereocenters. The van der Waals surface area contributed by atoms with Crippen molar-refractivity contribution >= 4 is 0 Å². The van der Waals surface area contributed by atoms with Gasteiger partial charge in [-0.2, -0.15) is 0 Å². The van der Waals surface area contributed by atoms with Crippen LogP contribution in [-0.4, -0.2) is 38.2 Å². The molecule has 2 aromatic carbocycles. The van der Waals surface area contributed by atoms with Crippen LogP contribution in [0.5, 0.6) is 40.2 Å². The third-order valence-corrected chi connectivity index (χ3v) is 3.37. The van der Waals surface area contributed by atoms with Crippen molar-refractivity contribution in [2.45, 2.75) is 12.5 Å². The molecule has 1 heterocycles. The van der Waals surface area contributed by atoms with E-state index in [2.05, 4.69) is 0 Å². The van der Waals surface area contributed by atoms with Gasteiger partial charge in [0, 0.05) is 36.2 Å². The van der Waals surface area contributed by atoms with Crippen LogP contribution >= 0.6 is 0 Å². The van der Waals surface area contributed by atoms with Crippen LogP contribution in [0.4, 0.5) is 0 Å². The van der Waals surface area contributed by atoms with Gasteiger partial charge >= 0.3 is 0 Å². The fourth-order valence-electron chi connectivity index (χ4n) is 2.34. The standard InChI is InChI=1S/C15H14O7/c16-7-1-11(17)10-3-9(6-21-14(10)2-7)22-8-4-12(18)15(20)13(19)5-8/h1-2,4-5,9,16-20H,3,6H2. The smallest absolute Gasteiger partial charge is 0.200 e. The molecule has 1 aliphatic rings. The summed E-state index contributed by atoms with van der Waals surface area (Å²) in [4.78, 5) is 0. The number of phenols is 5. The van der Waals surface area contributed by atoms with E-state index in [9.17, 15) is 25.5 Å². The molecule has 1 aliphatic heterocycles. The maximum Gasteiger partial charge on any atom is 0.200 e. The molecule has 0 bridgehead atoms. The van der Waals surface area contributed by atoms with Crippen LogP contribution in [0, 0.1) is 0 Å². The second kappa shape index (κ2) is 5.10. The van der Waals surface area contributed by atoms with Gasteiger partial charge in [0.05, 0.1) is 0 Å². The topological polar surface area (TPSA) is 120 Å². The number of aromatic hydroxyl groups is 5. The van der Waals surface area contributed by atoms with Crippen molar-refractivity contribution in [2.75, 3.05) is 6.61 Å². The number of hydrogen-bond acceptors (Lipinski definition) is 7. The minimum absolute atomic E-state index is 0.0935. The minimum Gasteiger partial charge on any atom is -0.508 e. The van der Waals surface area contributed by atoms with Gasteiger partial charge in [-0.25, -0.2) is 0 Å². The zero-order valence-corrected chi connectivity index (χ0v) is 11.4. The minimum atomic E-state index is -0.620. The van der Waals surface area contributed by atoms with Gasteiger partial charge in [0.1, 0.15) is 35.7 Å². The van der Waals surface area contributed by atoms with Gasteiger partial charge in [0.25, 0.3) is 0 Å². The molecule has 22 heavy (non-hydrogen) atoms. The summed E-state index contributed by atoms with van der Waals surface area (Å²) in [5.74, 6) is -1.27. The second-order valence-electron chi connectivity index (χ2n) is 5.01. The molecule has 7 nitrogen and oxygen atoms in total. The summed E-state index contributed by atoms with van der Waals surface area (Å²) in [7, 11) is 0. The molecule has 1 atom stereocenters. The molecule has 0 spiro atoms. The maximum atomic E-state index is 9.84. The Balaban J connectivity index is 1.81. The molecule has 116 valence electrons. The van der Waals surface area contributed by atoms with Gasteiger partial charge in [0.2, 0.25) is 5.75 Å². The number of hydrogen-bond donors (Lipinski definition) is 5. The van der Waals surface area contributed by atoms with Gasteiger partial charge in [-0.1, -0.05) is 0 Å². The highest BCUT2D eigenvalue weighted by atomic mass is 16.5. The van der Waals surface area contributed by atoms with Gasteiger partial charge in [-0.05, 0) is 0 Å². The zero-order chi connectivity index (χ0) is 15.9. The molecule has 2 aromatic rings. The molecule has 0 aromatic heterocycles. The van der Waals surface area contributed by atoms with Crippen molar-refractivity contribution in [3.8, 4) is 40.2 Å². The van der Waals surface area contributed by atoms with Crippen LogP contribution in [0.1, 0.15) is 5.56 Å². The van der Waals surface area contributed by atoms with Crippen molar-refractivity contribution in [3.63, 3.8) is 0 Å². The molecule has 0 radical (unpaired) electrons. The number of benzene rings is 2. The lowest BCUT2D eigenvalue weighted by Crippen LogP contribution is -2.31. The average Bonchev–Trinajstić information content (AvgIpc) is 2.45. The Bertz CT molecular complexity index is 703. The van der Waals surface area contributed by atoms with E-state index >= 15 is 0 Å². The van der Waals surface area contributed by atoms with E-state index in [0.717, 1.165) is 0 Å². The Morgan fingerprint density at radius 2 is 1.59 bits per heavy atom. The van der Waals surface area contributed by atoms with E-state index < -0.39 is 23.4 Å². The molecule has 7 heteroatoms. The zero-order valence-electron chi connectivity index (χ0n) is 11.4. The first-order valence-electron chi connectivity index (χ1n) is 6.53. The van der Waals surface area contributed by atoms with Crippen LogP contribution in [0.25, 0.3) is 0 Å². The molecular weight excluding hydrogens is 292 g/mol. The van der Waals surface area contributed by atoms with Crippen LogP contribution in [0.2, 0.25) is 0 Å². The number of phenolic OH excluding ortho intramolecular Hbond substituents is 5. The van der Waals surface area contributed by atoms with Crippen LogP contribution in [-0.2, 0) is 6.42 Å². The lowest BCUT2D eigenvalue weighted by atomic mass is 10.0. The van der Waals surface area contributed by atoms with Crippen molar-refractivity contribution < 1.29 is 35.0 Å². The molecule has 0 saturated heterocycles. The predicted molar refractivity (Wildman–Crippen MR) is 74.8 cm³/mol. The molecule has 0 amide bonds. The molecule has 0 aliphatic carbocycles. The van der Waals surface area contributed by atoms with Crippen molar-refractivity contribution in [2.24, 2.45) is 0 Å². The highest BCUT2D eigenvalue weighted by Crippen LogP contribution is 2.40. The third-order valence-electron chi connectivity index (χ3n) is 3.37. The second-order valence-corrected chi connectivity index (χ2v) is 5.01. The fraction of sp³-hybridized carbons (Fsp3) is 0.200. The van der Waals surface area contributed by atoms with Gasteiger partial charge in [-0.15, -0.1) is 0 Å². The Kier molecular flexibility index (Phi) is 3.25. The van der Waals surface area contributed by atoms with Crippen LogP contribution < -0.4 is 9.47 Å². The normalized spacial score (nSPS) is 16.6. The Hall–Kier alpha value is -2.96. The van der Waals surface area contributed by atoms with Crippen LogP contribution in [0.15, 0.2) is 24.3 Å². The highest BCUT2D eigenvalue weighted by Gasteiger charge is 2.25. The summed E-state index contributed by atoms with van der Waals surface area (Å²) in [6, 6.07) is 4.95. The Morgan fingerprint density at radius 1 is 0.909 bits per heavy atom. The maximum absolute atomic E-state index is 9.84. The van der Waals surface area contributed by atoms with E-state index in [1.54, 1.807) is 0 Å². The van der Waals surface area contributed by atoms with Crippen LogP contribution in [0.3, 0.4) is 0 Å². The monoisotopic (exact) mass is 306 g/mol. The fourth-order valence-corrected chi connectivity index (χ4v) is 2.34.